The Morgan fingerprint density at radius 1 is 1.24 bits per heavy atom. The van der Waals surface area contributed by atoms with Crippen LogP contribution in [0.25, 0.3) is 5.57 Å². The van der Waals surface area contributed by atoms with E-state index in [9.17, 15) is 4.79 Å². The van der Waals surface area contributed by atoms with Crippen LogP contribution in [0.4, 0.5) is 10.5 Å². The molecule has 2 rings (SSSR count). The monoisotopic (exact) mass is 419 g/mol. The summed E-state index contributed by atoms with van der Waals surface area (Å²) in [5, 5.41) is 3.11. The van der Waals surface area contributed by atoms with Crippen LogP contribution in [0, 0.1) is 0 Å². The summed E-state index contributed by atoms with van der Waals surface area (Å²) in [5.41, 5.74) is 8.27. The van der Waals surface area contributed by atoms with Crippen molar-refractivity contribution in [1.29, 1.82) is 0 Å². The molecule has 6 nitrogen and oxygen atoms in total. The van der Waals surface area contributed by atoms with Gasteiger partial charge in [0.25, 0.3) is 0 Å². The molecule has 7 heteroatoms. The molecular formula is C22H37N3O3Si. The van der Waals surface area contributed by atoms with Crippen molar-refractivity contribution >= 4 is 25.7 Å². The number of nitrogen functional groups attached to an aromatic ring is 1. The third-order valence-corrected chi connectivity index (χ3v) is 10.1. The van der Waals surface area contributed by atoms with Crippen molar-refractivity contribution in [3.63, 3.8) is 0 Å². The smallest absolute Gasteiger partial charge is 0.408 e. The summed E-state index contributed by atoms with van der Waals surface area (Å²) >= 11 is 0. The summed E-state index contributed by atoms with van der Waals surface area (Å²) in [6.45, 7) is 16.7. The largest absolute Gasteiger partial charge is 0.444 e. The van der Waals surface area contributed by atoms with E-state index in [1.807, 2.05) is 26.8 Å². The number of carbonyl (C=O) groups is 1. The van der Waals surface area contributed by atoms with Gasteiger partial charge in [-0.25, -0.2) is 4.79 Å². The van der Waals surface area contributed by atoms with Crippen molar-refractivity contribution < 1.29 is 14.0 Å². The highest BCUT2D eigenvalue weighted by Gasteiger charge is 2.41. The molecule has 0 aliphatic heterocycles. The van der Waals surface area contributed by atoms with Crippen molar-refractivity contribution in [2.45, 2.75) is 90.3 Å². The Hall–Kier alpha value is -1.86. The molecule has 2 unspecified atom stereocenters. The molecule has 0 radical (unpaired) electrons. The number of ether oxygens (including phenoxy) is 1. The molecule has 0 saturated heterocycles. The normalized spacial score (nSPS) is 20.8. The number of aromatic nitrogens is 1. The van der Waals surface area contributed by atoms with Gasteiger partial charge in [-0.05, 0) is 63.4 Å². The number of alkyl carbamates (subject to hydrolysis) is 1. The van der Waals surface area contributed by atoms with E-state index in [0.29, 0.717) is 5.69 Å². The summed E-state index contributed by atoms with van der Waals surface area (Å²) in [6, 6.07) is 1.64. The van der Waals surface area contributed by atoms with E-state index in [0.717, 1.165) is 24.0 Å². The van der Waals surface area contributed by atoms with E-state index in [-0.39, 0.29) is 17.2 Å². The number of anilines is 1. The number of carbonyl (C=O) groups excluding carboxylic acids is 1. The topological polar surface area (TPSA) is 86.5 Å². The zero-order chi connectivity index (χ0) is 22.0. The van der Waals surface area contributed by atoms with Crippen LogP contribution in [0.2, 0.25) is 18.1 Å². The Labute approximate surface area is 176 Å². The van der Waals surface area contributed by atoms with Crippen LogP contribution in [0.3, 0.4) is 0 Å². The van der Waals surface area contributed by atoms with E-state index < -0.39 is 20.0 Å². The Balaban J connectivity index is 2.32. The highest BCUT2D eigenvalue weighted by atomic mass is 28.4. The molecule has 1 aromatic rings. The molecule has 162 valence electrons. The maximum absolute atomic E-state index is 12.5. The molecule has 1 aromatic heterocycles. The van der Waals surface area contributed by atoms with Gasteiger partial charge in [0.05, 0.1) is 24.0 Å². The van der Waals surface area contributed by atoms with Crippen LogP contribution >= 0.6 is 0 Å². The molecule has 0 bridgehead atoms. The maximum atomic E-state index is 12.5. The summed E-state index contributed by atoms with van der Waals surface area (Å²) < 4.78 is 12.2. The molecule has 1 aliphatic rings. The van der Waals surface area contributed by atoms with Gasteiger partial charge in [-0.2, -0.15) is 0 Å². The summed E-state index contributed by atoms with van der Waals surface area (Å²) in [6.07, 6.45) is 6.56. The number of nitrogens with zero attached hydrogens (tertiary/aromatic N) is 1. The van der Waals surface area contributed by atoms with Crippen LogP contribution in [-0.4, -0.2) is 37.1 Å². The first-order chi connectivity index (χ1) is 13.2. The highest BCUT2D eigenvalue weighted by Crippen LogP contribution is 2.40. The van der Waals surface area contributed by atoms with Crippen LogP contribution in [-0.2, 0) is 9.16 Å². The summed E-state index contributed by atoms with van der Waals surface area (Å²) in [5.74, 6) is 0. The zero-order valence-corrected chi connectivity index (χ0v) is 20.1. The van der Waals surface area contributed by atoms with Gasteiger partial charge in [0, 0.05) is 11.8 Å². The molecule has 1 heterocycles. The highest BCUT2D eigenvalue weighted by molar-refractivity contribution is 6.74. The lowest BCUT2D eigenvalue weighted by atomic mass is 9.89. The lowest BCUT2D eigenvalue weighted by Gasteiger charge is -2.42. The molecule has 0 spiro atoms. The lowest BCUT2D eigenvalue weighted by molar-refractivity contribution is 0.0454. The first-order valence-corrected chi connectivity index (χ1v) is 13.2. The fourth-order valence-electron chi connectivity index (χ4n) is 3.07. The van der Waals surface area contributed by atoms with Gasteiger partial charge in [-0.3, -0.25) is 4.98 Å². The number of pyridine rings is 1. The average Bonchev–Trinajstić information content (AvgIpc) is 2.54. The van der Waals surface area contributed by atoms with Crippen molar-refractivity contribution in [1.82, 2.24) is 10.3 Å². The third kappa shape index (κ3) is 6.31. The van der Waals surface area contributed by atoms with Crippen LogP contribution in [0.15, 0.2) is 24.5 Å². The van der Waals surface area contributed by atoms with Gasteiger partial charge in [0.2, 0.25) is 0 Å². The summed E-state index contributed by atoms with van der Waals surface area (Å²) in [7, 11) is -2.00. The summed E-state index contributed by atoms with van der Waals surface area (Å²) in [4.78, 5) is 16.6. The predicted octanol–water partition coefficient (Wildman–Crippen LogP) is 5.12. The van der Waals surface area contributed by atoms with E-state index in [2.05, 4.69) is 50.2 Å². The van der Waals surface area contributed by atoms with Gasteiger partial charge < -0.3 is 20.2 Å². The number of allylic oxidation sites excluding steroid dienone is 1. The van der Waals surface area contributed by atoms with Crippen LogP contribution < -0.4 is 11.1 Å². The minimum Gasteiger partial charge on any atom is -0.444 e. The maximum Gasteiger partial charge on any atom is 0.408 e. The zero-order valence-electron chi connectivity index (χ0n) is 19.1. The number of hydrogen-bond acceptors (Lipinski definition) is 5. The molecule has 0 fully saturated rings. The fourth-order valence-corrected chi connectivity index (χ4v) is 4.45. The molecule has 1 amide bonds. The second kappa shape index (κ2) is 8.48. The molecular weight excluding hydrogens is 382 g/mol. The van der Waals surface area contributed by atoms with Gasteiger partial charge in [-0.15, -0.1) is 0 Å². The molecule has 0 saturated carbocycles. The van der Waals surface area contributed by atoms with Gasteiger partial charge in [0.15, 0.2) is 8.32 Å². The molecule has 3 N–H and O–H groups in total. The molecule has 1 aliphatic carbocycles. The Kier molecular flexibility index (Phi) is 6.85. The van der Waals surface area contributed by atoms with E-state index in [1.165, 1.54) is 0 Å². The number of hydrogen-bond donors (Lipinski definition) is 2. The minimum atomic E-state index is -2.00. The number of amides is 1. The third-order valence-electron chi connectivity index (χ3n) is 5.61. The van der Waals surface area contributed by atoms with Crippen molar-refractivity contribution in [3.05, 3.63) is 30.1 Å². The predicted molar refractivity (Wildman–Crippen MR) is 121 cm³/mol. The van der Waals surface area contributed by atoms with Gasteiger partial charge >= 0.3 is 6.09 Å². The number of nitrogens with two attached hydrogens (primary N) is 1. The van der Waals surface area contributed by atoms with Crippen molar-refractivity contribution in [2.75, 3.05) is 5.73 Å². The second-order valence-corrected chi connectivity index (χ2v) is 15.0. The Morgan fingerprint density at radius 3 is 2.45 bits per heavy atom. The Morgan fingerprint density at radius 2 is 1.90 bits per heavy atom. The average molecular weight is 420 g/mol. The van der Waals surface area contributed by atoms with Crippen LogP contribution in [0.1, 0.15) is 59.9 Å². The Bertz CT molecular complexity index is 763. The lowest BCUT2D eigenvalue weighted by Crippen LogP contribution is -2.52. The standard InChI is InChI=1S/C22H37N3O3Si/c1-21(2,3)27-20(26)25-18-13-15(16-11-12-24-14-17(16)23)9-10-19(18)28-29(7,8)22(4,5)6/h11-14,18-19H,9-10,23H2,1-8H3,(H,25,26). The molecule has 2 atom stereocenters. The van der Waals surface area contributed by atoms with E-state index in [1.54, 1.807) is 12.4 Å². The van der Waals surface area contributed by atoms with Crippen LogP contribution in [0.5, 0.6) is 0 Å². The number of rotatable bonds is 4. The number of nitrogens with one attached hydrogen (secondary N) is 1. The first-order valence-electron chi connectivity index (χ1n) is 10.3. The molecule has 29 heavy (non-hydrogen) atoms. The SMILES string of the molecule is CC(C)(C)OC(=O)NC1C=C(c2ccncc2N)CCC1O[Si](C)(C)C(C)(C)C. The first kappa shape index (κ1) is 23.4. The van der Waals surface area contributed by atoms with Gasteiger partial charge in [-0.1, -0.05) is 26.8 Å². The van der Waals surface area contributed by atoms with E-state index in [4.69, 9.17) is 14.9 Å². The molecule has 0 aromatic carbocycles. The van der Waals surface area contributed by atoms with Gasteiger partial charge in [0.1, 0.15) is 5.60 Å². The van der Waals surface area contributed by atoms with Crippen molar-refractivity contribution in [2.24, 2.45) is 0 Å². The fraction of sp³-hybridized carbons (Fsp3) is 0.636. The van der Waals surface area contributed by atoms with E-state index >= 15 is 0 Å². The quantitative estimate of drug-likeness (QED) is 0.661. The van der Waals surface area contributed by atoms with Crippen molar-refractivity contribution in [3.8, 4) is 0 Å². The minimum absolute atomic E-state index is 0.0863. The second-order valence-electron chi connectivity index (χ2n) is 10.3.